The van der Waals surface area contributed by atoms with Gasteiger partial charge in [-0.15, -0.1) is 6.58 Å². The lowest BCUT2D eigenvalue weighted by atomic mass is 10.3. The van der Waals surface area contributed by atoms with Crippen molar-refractivity contribution in [3.63, 3.8) is 0 Å². The van der Waals surface area contributed by atoms with E-state index < -0.39 is 11.9 Å². The number of nitrogens with zero attached hydrogens (tertiary/aromatic N) is 1. The Kier molecular flexibility index (Phi) is 6.09. The molecule has 0 aromatic heterocycles. The number of benzene rings is 1. The molecule has 0 unspecified atom stereocenters. The standard InChI is InChI=1S/C14H17NO5/c1-3-8-15(9-14(17)18)13(16)10-20-12-7-5-4-6-11(12)19-2/h3-7H,1,8-10H2,2H3,(H,17,18). The fourth-order valence-electron chi connectivity index (χ4n) is 1.54. The van der Waals surface area contributed by atoms with Crippen molar-refractivity contribution in [3.05, 3.63) is 36.9 Å². The molecule has 6 heteroatoms. The first-order valence-electron chi connectivity index (χ1n) is 5.94. The minimum absolute atomic E-state index is 0.153. The van der Waals surface area contributed by atoms with Crippen molar-refractivity contribution >= 4 is 11.9 Å². The Hall–Kier alpha value is -2.50. The molecule has 1 aromatic carbocycles. The van der Waals surface area contributed by atoms with Crippen molar-refractivity contribution in [2.24, 2.45) is 0 Å². The molecule has 1 N–H and O–H groups in total. The van der Waals surface area contributed by atoms with Gasteiger partial charge in [0.2, 0.25) is 0 Å². The molecule has 0 saturated heterocycles. The van der Waals surface area contributed by atoms with E-state index in [9.17, 15) is 9.59 Å². The summed E-state index contributed by atoms with van der Waals surface area (Å²) in [6.45, 7) is 2.99. The van der Waals surface area contributed by atoms with E-state index in [1.54, 1.807) is 24.3 Å². The van der Waals surface area contributed by atoms with Crippen molar-refractivity contribution < 1.29 is 24.2 Å². The maximum atomic E-state index is 11.9. The Morgan fingerprint density at radius 3 is 2.55 bits per heavy atom. The van der Waals surface area contributed by atoms with E-state index in [0.717, 1.165) is 4.90 Å². The molecule has 0 atom stereocenters. The number of hydrogen-bond donors (Lipinski definition) is 1. The summed E-state index contributed by atoms with van der Waals surface area (Å²) in [5, 5.41) is 8.74. The lowest BCUT2D eigenvalue weighted by molar-refractivity contribution is -0.144. The Balaban J connectivity index is 2.64. The van der Waals surface area contributed by atoms with Gasteiger partial charge in [0, 0.05) is 6.54 Å². The van der Waals surface area contributed by atoms with Crippen LogP contribution in [0.5, 0.6) is 11.5 Å². The van der Waals surface area contributed by atoms with E-state index in [1.807, 2.05) is 0 Å². The normalized spacial score (nSPS) is 9.65. The van der Waals surface area contributed by atoms with Gasteiger partial charge >= 0.3 is 5.97 Å². The second-order valence-electron chi connectivity index (χ2n) is 3.90. The van der Waals surface area contributed by atoms with Gasteiger partial charge in [-0.05, 0) is 12.1 Å². The largest absolute Gasteiger partial charge is 0.493 e. The molecule has 20 heavy (non-hydrogen) atoms. The predicted octanol–water partition coefficient (Wildman–Crippen LogP) is 1.17. The highest BCUT2D eigenvalue weighted by molar-refractivity contribution is 5.82. The van der Waals surface area contributed by atoms with Gasteiger partial charge < -0.3 is 19.5 Å². The van der Waals surface area contributed by atoms with Gasteiger partial charge in [0.25, 0.3) is 5.91 Å². The number of rotatable bonds is 8. The fraction of sp³-hybridized carbons (Fsp3) is 0.286. The van der Waals surface area contributed by atoms with Crippen LogP contribution in [-0.4, -0.2) is 48.7 Å². The lowest BCUT2D eigenvalue weighted by Gasteiger charge is -2.19. The highest BCUT2D eigenvalue weighted by Crippen LogP contribution is 2.25. The molecule has 0 spiro atoms. The number of carbonyl (C=O) groups is 2. The Labute approximate surface area is 117 Å². The van der Waals surface area contributed by atoms with Crippen LogP contribution in [-0.2, 0) is 9.59 Å². The van der Waals surface area contributed by atoms with E-state index in [1.165, 1.54) is 13.2 Å². The Bertz CT molecular complexity index is 486. The first-order chi connectivity index (χ1) is 9.58. The molecule has 0 aliphatic carbocycles. The van der Waals surface area contributed by atoms with Crippen LogP contribution in [0.3, 0.4) is 0 Å². The molecule has 1 rings (SSSR count). The topological polar surface area (TPSA) is 76.1 Å². The summed E-state index contributed by atoms with van der Waals surface area (Å²) in [6, 6.07) is 6.91. The van der Waals surface area contributed by atoms with Crippen molar-refractivity contribution in [2.75, 3.05) is 26.8 Å². The van der Waals surface area contributed by atoms with Gasteiger partial charge in [-0.2, -0.15) is 0 Å². The van der Waals surface area contributed by atoms with E-state index in [0.29, 0.717) is 11.5 Å². The average Bonchev–Trinajstić information content (AvgIpc) is 2.44. The number of para-hydroxylation sites is 2. The predicted molar refractivity (Wildman–Crippen MR) is 72.9 cm³/mol. The van der Waals surface area contributed by atoms with Gasteiger partial charge in [-0.1, -0.05) is 18.2 Å². The van der Waals surface area contributed by atoms with Gasteiger partial charge in [0.05, 0.1) is 7.11 Å². The molecule has 0 fully saturated rings. The van der Waals surface area contributed by atoms with Crippen molar-refractivity contribution in [1.82, 2.24) is 4.90 Å². The van der Waals surface area contributed by atoms with Crippen LogP contribution < -0.4 is 9.47 Å². The third-order valence-corrected chi connectivity index (χ3v) is 2.45. The summed E-state index contributed by atoms with van der Waals surface area (Å²) >= 11 is 0. The first-order valence-corrected chi connectivity index (χ1v) is 5.94. The summed E-state index contributed by atoms with van der Waals surface area (Å²) in [7, 11) is 1.50. The second kappa shape index (κ2) is 7.83. The number of aliphatic carboxylic acids is 1. The molecule has 0 aliphatic rings. The Morgan fingerprint density at radius 2 is 2.00 bits per heavy atom. The zero-order valence-electron chi connectivity index (χ0n) is 11.2. The maximum Gasteiger partial charge on any atom is 0.323 e. The molecule has 0 radical (unpaired) electrons. The molecule has 6 nitrogen and oxygen atoms in total. The van der Waals surface area contributed by atoms with Crippen LogP contribution in [0.1, 0.15) is 0 Å². The van der Waals surface area contributed by atoms with Crippen LogP contribution in [0.15, 0.2) is 36.9 Å². The number of hydrogen-bond acceptors (Lipinski definition) is 4. The van der Waals surface area contributed by atoms with E-state index in [-0.39, 0.29) is 19.7 Å². The minimum atomic E-state index is -1.09. The SMILES string of the molecule is C=CCN(CC(=O)O)C(=O)COc1ccccc1OC. The molecule has 0 heterocycles. The van der Waals surface area contributed by atoms with Crippen LogP contribution in [0, 0.1) is 0 Å². The number of carboxylic acids is 1. The number of methoxy groups -OCH3 is 1. The molecule has 108 valence electrons. The monoisotopic (exact) mass is 279 g/mol. The lowest BCUT2D eigenvalue weighted by Crippen LogP contribution is -2.38. The second-order valence-corrected chi connectivity index (χ2v) is 3.90. The summed E-state index contributed by atoms with van der Waals surface area (Å²) in [5.41, 5.74) is 0. The molecule has 1 aromatic rings. The van der Waals surface area contributed by atoms with Crippen LogP contribution in [0.4, 0.5) is 0 Å². The van der Waals surface area contributed by atoms with E-state index in [4.69, 9.17) is 14.6 Å². The van der Waals surface area contributed by atoms with Gasteiger partial charge in [-0.3, -0.25) is 9.59 Å². The highest BCUT2D eigenvalue weighted by atomic mass is 16.5. The van der Waals surface area contributed by atoms with E-state index in [2.05, 4.69) is 6.58 Å². The molecule has 0 saturated carbocycles. The van der Waals surface area contributed by atoms with Gasteiger partial charge in [-0.25, -0.2) is 0 Å². The quantitative estimate of drug-likeness (QED) is 0.723. The average molecular weight is 279 g/mol. The maximum absolute atomic E-state index is 11.9. The van der Waals surface area contributed by atoms with E-state index >= 15 is 0 Å². The first kappa shape index (κ1) is 15.6. The van der Waals surface area contributed by atoms with Crippen LogP contribution in [0.2, 0.25) is 0 Å². The van der Waals surface area contributed by atoms with Crippen LogP contribution >= 0.6 is 0 Å². The molecule has 0 bridgehead atoms. The number of carbonyl (C=O) groups excluding carboxylic acids is 1. The zero-order valence-corrected chi connectivity index (χ0v) is 11.2. The van der Waals surface area contributed by atoms with Crippen LogP contribution in [0.25, 0.3) is 0 Å². The van der Waals surface area contributed by atoms with Gasteiger partial charge in [0.1, 0.15) is 6.54 Å². The third-order valence-electron chi connectivity index (χ3n) is 2.45. The van der Waals surface area contributed by atoms with Gasteiger partial charge in [0.15, 0.2) is 18.1 Å². The highest BCUT2D eigenvalue weighted by Gasteiger charge is 2.16. The minimum Gasteiger partial charge on any atom is -0.493 e. The molecular formula is C14H17NO5. The molecule has 1 amide bonds. The molecular weight excluding hydrogens is 262 g/mol. The molecule has 0 aliphatic heterocycles. The number of carboxylic acid groups (broad SMARTS) is 1. The summed E-state index contributed by atoms with van der Waals surface area (Å²) in [4.78, 5) is 23.7. The Morgan fingerprint density at radius 1 is 1.35 bits per heavy atom. The third kappa shape index (κ3) is 4.64. The van der Waals surface area contributed by atoms with Crippen molar-refractivity contribution in [3.8, 4) is 11.5 Å². The fourth-order valence-corrected chi connectivity index (χ4v) is 1.54. The smallest absolute Gasteiger partial charge is 0.323 e. The summed E-state index contributed by atoms with van der Waals surface area (Å²) in [5.74, 6) is -0.582. The number of ether oxygens (including phenoxy) is 2. The number of amides is 1. The zero-order chi connectivity index (χ0) is 15.0. The summed E-state index contributed by atoms with van der Waals surface area (Å²) in [6.07, 6.45) is 1.46. The van der Waals surface area contributed by atoms with Crippen molar-refractivity contribution in [1.29, 1.82) is 0 Å². The van der Waals surface area contributed by atoms with Crippen molar-refractivity contribution in [2.45, 2.75) is 0 Å². The summed E-state index contributed by atoms with van der Waals surface area (Å²) < 4.78 is 10.4.